The number of aromatic amines is 1. The van der Waals surface area contributed by atoms with E-state index in [4.69, 9.17) is 5.11 Å². The third kappa shape index (κ3) is 5.87. The van der Waals surface area contributed by atoms with Gasteiger partial charge >= 0.3 is 12.0 Å². The highest BCUT2D eigenvalue weighted by atomic mass is 16.4. The number of carbonyl (C=O) groups excluding carboxylic acids is 1. The molecule has 0 aromatic carbocycles. The molecule has 0 aliphatic rings. The number of carbonyl (C=O) groups is 2. The standard InChI is InChI=1S/C11H19N5O3/c1-12-3-2-4-14-11(19)16-9(10(17)18)5-8-6-13-7-15-8/h6-7,9,12H,2-5H2,1H3,(H,13,15)(H,17,18)(H2,14,16,19)/t9-/m1/s1. The van der Waals surface area contributed by atoms with Crippen molar-refractivity contribution in [3.63, 3.8) is 0 Å². The zero-order valence-electron chi connectivity index (χ0n) is 10.8. The van der Waals surface area contributed by atoms with Gasteiger partial charge in [-0.15, -0.1) is 0 Å². The molecule has 0 aliphatic heterocycles. The highest BCUT2D eigenvalue weighted by molar-refractivity contribution is 5.82. The molecular formula is C11H19N5O3. The lowest BCUT2D eigenvalue weighted by molar-refractivity contribution is -0.139. The summed E-state index contributed by atoms with van der Waals surface area (Å²) in [7, 11) is 1.82. The molecule has 5 N–H and O–H groups in total. The van der Waals surface area contributed by atoms with E-state index in [1.807, 2.05) is 7.05 Å². The second-order valence-corrected chi connectivity index (χ2v) is 4.03. The molecule has 106 valence electrons. The molecule has 1 rings (SSSR count). The summed E-state index contributed by atoms with van der Waals surface area (Å²) < 4.78 is 0. The van der Waals surface area contributed by atoms with Gasteiger partial charge in [-0.2, -0.15) is 0 Å². The highest BCUT2D eigenvalue weighted by Crippen LogP contribution is 1.98. The molecule has 8 heteroatoms. The normalized spacial score (nSPS) is 11.8. The van der Waals surface area contributed by atoms with Gasteiger partial charge in [0.05, 0.1) is 6.33 Å². The predicted octanol–water partition coefficient (Wildman–Crippen LogP) is -0.686. The first-order valence-corrected chi connectivity index (χ1v) is 6.02. The Morgan fingerprint density at radius 2 is 2.26 bits per heavy atom. The van der Waals surface area contributed by atoms with E-state index >= 15 is 0 Å². The van der Waals surface area contributed by atoms with Crippen molar-refractivity contribution < 1.29 is 14.7 Å². The number of carboxylic acids is 1. The van der Waals surface area contributed by atoms with Gasteiger partial charge in [-0.3, -0.25) is 0 Å². The number of imidazole rings is 1. The van der Waals surface area contributed by atoms with E-state index in [0.717, 1.165) is 13.0 Å². The maximum atomic E-state index is 11.5. The van der Waals surface area contributed by atoms with Crippen LogP contribution in [-0.4, -0.2) is 53.3 Å². The van der Waals surface area contributed by atoms with Crippen LogP contribution in [-0.2, 0) is 11.2 Å². The summed E-state index contributed by atoms with van der Waals surface area (Å²) in [6.45, 7) is 1.28. The second-order valence-electron chi connectivity index (χ2n) is 4.03. The number of aromatic nitrogens is 2. The first-order chi connectivity index (χ1) is 9.13. The van der Waals surface area contributed by atoms with Crippen molar-refractivity contribution in [3.8, 4) is 0 Å². The maximum Gasteiger partial charge on any atom is 0.326 e. The summed E-state index contributed by atoms with van der Waals surface area (Å²) >= 11 is 0. The van der Waals surface area contributed by atoms with Crippen molar-refractivity contribution in [3.05, 3.63) is 18.2 Å². The lowest BCUT2D eigenvalue weighted by Gasteiger charge is -2.14. The lowest BCUT2D eigenvalue weighted by Crippen LogP contribution is -2.47. The first-order valence-electron chi connectivity index (χ1n) is 6.02. The van der Waals surface area contributed by atoms with Crippen LogP contribution in [0.2, 0.25) is 0 Å². The van der Waals surface area contributed by atoms with Crippen LogP contribution in [0.4, 0.5) is 4.79 Å². The number of rotatable bonds is 8. The van der Waals surface area contributed by atoms with Crippen LogP contribution in [0.15, 0.2) is 12.5 Å². The Bertz CT molecular complexity index is 393. The van der Waals surface area contributed by atoms with Crippen LogP contribution in [0.1, 0.15) is 12.1 Å². The summed E-state index contributed by atoms with van der Waals surface area (Å²) in [6, 6.07) is -1.47. The smallest absolute Gasteiger partial charge is 0.326 e. The van der Waals surface area contributed by atoms with Gasteiger partial charge in [0.25, 0.3) is 0 Å². The summed E-state index contributed by atoms with van der Waals surface area (Å²) in [5, 5.41) is 17.0. The summed E-state index contributed by atoms with van der Waals surface area (Å²) in [6.07, 6.45) is 3.94. The number of aliphatic carboxylic acids is 1. The molecule has 0 saturated heterocycles. The Kier molecular flexibility index (Phi) is 6.37. The predicted molar refractivity (Wildman–Crippen MR) is 68.8 cm³/mol. The van der Waals surface area contributed by atoms with E-state index in [9.17, 15) is 9.59 Å². The fourth-order valence-electron chi connectivity index (χ4n) is 1.49. The Labute approximate surface area is 111 Å². The van der Waals surface area contributed by atoms with E-state index in [0.29, 0.717) is 12.2 Å². The number of nitrogens with one attached hydrogen (secondary N) is 4. The fraction of sp³-hybridized carbons (Fsp3) is 0.545. The molecule has 19 heavy (non-hydrogen) atoms. The van der Waals surface area contributed by atoms with Crippen molar-refractivity contribution >= 4 is 12.0 Å². The van der Waals surface area contributed by atoms with Crippen LogP contribution in [0.3, 0.4) is 0 Å². The van der Waals surface area contributed by atoms with Crippen LogP contribution in [0.25, 0.3) is 0 Å². The second kappa shape index (κ2) is 8.09. The molecule has 0 unspecified atom stereocenters. The Morgan fingerprint density at radius 1 is 1.47 bits per heavy atom. The number of nitrogens with zero attached hydrogens (tertiary/aromatic N) is 1. The van der Waals surface area contributed by atoms with Gasteiger partial charge < -0.3 is 26.0 Å². The molecule has 8 nitrogen and oxygen atoms in total. The molecule has 1 heterocycles. The zero-order valence-corrected chi connectivity index (χ0v) is 10.8. The molecule has 1 aromatic rings. The van der Waals surface area contributed by atoms with Gasteiger partial charge in [0.1, 0.15) is 6.04 Å². The minimum absolute atomic E-state index is 0.166. The number of amides is 2. The molecule has 1 aromatic heterocycles. The van der Waals surface area contributed by atoms with Gasteiger partial charge in [-0.05, 0) is 20.0 Å². The van der Waals surface area contributed by atoms with Crippen LogP contribution in [0.5, 0.6) is 0 Å². The van der Waals surface area contributed by atoms with Crippen molar-refractivity contribution in [2.75, 3.05) is 20.1 Å². The molecular weight excluding hydrogens is 250 g/mol. The number of hydrogen-bond acceptors (Lipinski definition) is 4. The SMILES string of the molecule is CNCCCNC(=O)N[C@H](Cc1cnc[nH]1)C(=O)O. The minimum atomic E-state index is -1.08. The number of urea groups is 1. The van der Waals surface area contributed by atoms with Crippen LogP contribution < -0.4 is 16.0 Å². The topological polar surface area (TPSA) is 119 Å². The van der Waals surface area contributed by atoms with Crippen molar-refractivity contribution in [2.45, 2.75) is 18.9 Å². The van der Waals surface area contributed by atoms with Gasteiger partial charge in [0.15, 0.2) is 0 Å². The number of hydrogen-bond donors (Lipinski definition) is 5. The number of carboxylic acid groups (broad SMARTS) is 1. The van der Waals surface area contributed by atoms with E-state index in [2.05, 4.69) is 25.9 Å². The average Bonchev–Trinajstić information content (AvgIpc) is 2.86. The van der Waals surface area contributed by atoms with E-state index < -0.39 is 18.0 Å². The van der Waals surface area contributed by atoms with E-state index in [1.165, 1.54) is 12.5 Å². The largest absolute Gasteiger partial charge is 0.480 e. The molecule has 0 fully saturated rings. The third-order valence-corrected chi connectivity index (χ3v) is 2.47. The number of H-pyrrole nitrogens is 1. The summed E-state index contributed by atoms with van der Waals surface area (Å²) in [4.78, 5) is 29.2. The third-order valence-electron chi connectivity index (χ3n) is 2.47. The lowest BCUT2D eigenvalue weighted by atomic mass is 10.2. The van der Waals surface area contributed by atoms with Crippen molar-refractivity contribution in [1.82, 2.24) is 25.9 Å². The Hall–Kier alpha value is -2.09. The molecule has 2 amide bonds. The molecule has 0 aliphatic carbocycles. The van der Waals surface area contributed by atoms with Crippen LogP contribution in [0, 0.1) is 0 Å². The first kappa shape index (κ1) is 15.0. The fourth-order valence-corrected chi connectivity index (χ4v) is 1.49. The molecule has 0 saturated carbocycles. The molecule has 0 radical (unpaired) electrons. The molecule has 0 bridgehead atoms. The summed E-state index contributed by atoms with van der Waals surface area (Å²) in [5.74, 6) is -1.08. The summed E-state index contributed by atoms with van der Waals surface area (Å²) in [5.41, 5.74) is 0.655. The molecule has 0 spiro atoms. The van der Waals surface area contributed by atoms with Crippen LogP contribution >= 0.6 is 0 Å². The van der Waals surface area contributed by atoms with Crippen molar-refractivity contribution in [2.24, 2.45) is 0 Å². The maximum absolute atomic E-state index is 11.5. The van der Waals surface area contributed by atoms with E-state index in [1.54, 1.807) is 0 Å². The average molecular weight is 269 g/mol. The minimum Gasteiger partial charge on any atom is -0.480 e. The molecule has 1 atom stereocenters. The van der Waals surface area contributed by atoms with Gasteiger partial charge in [-0.1, -0.05) is 0 Å². The van der Waals surface area contributed by atoms with Gasteiger partial charge in [0.2, 0.25) is 0 Å². The van der Waals surface area contributed by atoms with Gasteiger partial charge in [0, 0.05) is 24.9 Å². The van der Waals surface area contributed by atoms with Gasteiger partial charge in [-0.25, -0.2) is 14.6 Å². The van der Waals surface area contributed by atoms with Crippen molar-refractivity contribution in [1.29, 1.82) is 0 Å². The Morgan fingerprint density at radius 3 is 2.84 bits per heavy atom. The highest BCUT2D eigenvalue weighted by Gasteiger charge is 2.20. The quantitative estimate of drug-likeness (QED) is 0.400. The Balaban J connectivity index is 2.36. The van der Waals surface area contributed by atoms with E-state index in [-0.39, 0.29) is 6.42 Å². The monoisotopic (exact) mass is 269 g/mol. The zero-order chi connectivity index (χ0) is 14.1.